The lowest BCUT2D eigenvalue weighted by atomic mass is 10.1. The quantitative estimate of drug-likeness (QED) is 0.847. The van der Waals surface area contributed by atoms with Crippen LogP contribution in [0.1, 0.15) is 10.4 Å². The Morgan fingerprint density at radius 3 is 2.47 bits per heavy atom. The van der Waals surface area contributed by atoms with Gasteiger partial charge in [0.05, 0.1) is 11.9 Å². The summed E-state index contributed by atoms with van der Waals surface area (Å²) in [6.07, 6.45) is 2.98. The van der Waals surface area contributed by atoms with Crippen LogP contribution in [-0.4, -0.2) is 17.9 Å². The van der Waals surface area contributed by atoms with Crippen molar-refractivity contribution in [3.8, 4) is 0 Å². The van der Waals surface area contributed by atoms with Crippen LogP contribution in [0.3, 0.4) is 0 Å². The van der Waals surface area contributed by atoms with Gasteiger partial charge in [0.2, 0.25) is 0 Å². The molecule has 1 aromatic heterocycles. The van der Waals surface area contributed by atoms with E-state index < -0.39 is 23.1 Å². The van der Waals surface area contributed by atoms with E-state index in [1.165, 1.54) is 13.2 Å². The Morgan fingerprint density at radius 1 is 1.32 bits per heavy atom. The average Bonchev–Trinajstić information content (AvgIpc) is 2.37. The lowest BCUT2D eigenvalue weighted by molar-refractivity contribution is 0.0985. The van der Waals surface area contributed by atoms with Crippen LogP contribution in [0.4, 0.5) is 14.5 Å². The average molecular weight is 327 g/mol. The Labute approximate surface area is 117 Å². The first kappa shape index (κ1) is 13.6. The fraction of sp³-hybridized carbons (Fsp3) is 0.0769. The highest BCUT2D eigenvalue weighted by Crippen LogP contribution is 2.22. The molecule has 0 radical (unpaired) electrons. The number of nitrogens with zero attached hydrogens (tertiary/aromatic N) is 2. The summed E-state index contributed by atoms with van der Waals surface area (Å²) in [6.45, 7) is 0. The predicted molar refractivity (Wildman–Crippen MR) is 71.0 cm³/mol. The SMILES string of the molecule is CN(C(=O)c1c(F)cc(Br)cc1F)c1cccnc1. The lowest BCUT2D eigenvalue weighted by Crippen LogP contribution is -2.28. The molecule has 0 atom stereocenters. The normalized spacial score (nSPS) is 10.3. The van der Waals surface area contributed by atoms with Crippen LogP contribution in [-0.2, 0) is 0 Å². The first-order valence-electron chi connectivity index (χ1n) is 5.33. The van der Waals surface area contributed by atoms with Crippen LogP contribution in [0.2, 0.25) is 0 Å². The summed E-state index contributed by atoms with van der Waals surface area (Å²) >= 11 is 2.96. The largest absolute Gasteiger partial charge is 0.310 e. The van der Waals surface area contributed by atoms with Crippen LogP contribution < -0.4 is 4.90 Å². The van der Waals surface area contributed by atoms with E-state index in [-0.39, 0.29) is 4.47 Å². The number of hydrogen-bond donors (Lipinski definition) is 0. The first-order valence-corrected chi connectivity index (χ1v) is 6.12. The van der Waals surface area contributed by atoms with E-state index in [0.717, 1.165) is 17.0 Å². The number of rotatable bonds is 2. The van der Waals surface area contributed by atoms with Crippen molar-refractivity contribution in [2.75, 3.05) is 11.9 Å². The minimum absolute atomic E-state index is 0.239. The lowest BCUT2D eigenvalue weighted by Gasteiger charge is -2.17. The zero-order valence-electron chi connectivity index (χ0n) is 9.90. The predicted octanol–water partition coefficient (Wildman–Crippen LogP) is 3.40. The third-order valence-electron chi connectivity index (χ3n) is 2.56. The standard InChI is InChI=1S/C13H9BrF2N2O/c1-18(9-3-2-4-17-7-9)13(19)12-10(15)5-8(14)6-11(12)16/h2-7H,1H3. The first-order chi connectivity index (χ1) is 9.00. The Hall–Kier alpha value is -1.82. The monoisotopic (exact) mass is 326 g/mol. The number of carbonyl (C=O) groups excluding carboxylic acids is 1. The molecule has 3 nitrogen and oxygen atoms in total. The summed E-state index contributed by atoms with van der Waals surface area (Å²) in [5.41, 5.74) is -0.135. The second-order valence-corrected chi connectivity index (χ2v) is 4.74. The molecule has 1 aromatic carbocycles. The highest BCUT2D eigenvalue weighted by molar-refractivity contribution is 9.10. The second-order valence-electron chi connectivity index (χ2n) is 3.82. The zero-order chi connectivity index (χ0) is 14.0. The number of anilines is 1. The Balaban J connectivity index is 2.40. The molecule has 0 saturated carbocycles. The van der Waals surface area contributed by atoms with Gasteiger partial charge in [-0.15, -0.1) is 0 Å². The Bertz CT molecular complexity index is 596. The van der Waals surface area contributed by atoms with Crippen LogP contribution in [0.5, 0.6) is 0 Å². The van der Waals surface area contributed by atoms with E-state index in [2.05, 4.69) is 20.9 Å². The van der Waals surface area contributed by atoms with E-state index >= 15 is 0 Å². The molecule has 1 heterocycles. The number of aromatic nitrogens is 1. The Kier molecular flexibility index (Phi) is 3.90. The second kappa shape index (κ2) is 5.44. The van der Waals surface area contributed by atoms with Crippen molar-refractivity contribution in [1.29, 1.82) is 0 Å². The maximum Gasteiger partial charge on any atom is 0.264 e. The minimum atomic E-state index is -0.910. The van der Waals surface area contributed by atoms with Crippen molar-refractivity contribution in [2.24, 2.45) is 0 Å². The summed E-state index contributed by atoms with van der Waals surface area (Å²) in [5.74, 6) is -2.59. The van der Waals surface area contributed by atoms with Crippen molar-refractivity contribution in [1.82, 2.24) is 4.98 Å². The Morgan fingerprint density at radius 2 is 1.95 bits per heavy atom. The van der Waals surface area contributed by atoms with Gasteiger partial charge in [0, 0.05) is 17.7 Å². The van der Waals surface area contributed by atoms with Gasteiger partial charge in [-0.25, -0.2) is 8.78 Å². The number of amides is 1. The van der Waals surface area contributed by atoms with Gasteiger partial charge in [-0.3, -0.25) is 9.78 Å². The summed E-state index contributed by atoms with van der Waals surface area (Å²) < 4.78 is 27.6. The van der Waals surface area contributed by atoms with Crippen LogP contribution in [0, 0.1) is 11.6 Å². The molecule has 0 bridgehead atoms. The smallest absolute Gasteiger partial charge is 0.264 e. The molecular formula is C13H9BrF2N2O. The van der Waals surface area contributed by atoms with E-state index in [1.807, 2.05) is 0 Å². The van der Waals surface area contributed by atoms with Gasteiger partial charge in [-0.2, -0.15) is 0 Å². The summed E-state index contributed by atoms with van der Waals surface area (Å²) in [4.78, 5) is 17.1. The number of halogens is 3. The third-order valence-corrected chi connectivity index (χ3v) is 3.02. The molecule has 0 spiro atoms. The molecule has 6 heteroatoms. The van der Waals surface area contributed by atoms with E-state index in [1.54, 1.807) is 18.3 Å². The molecule has 0 aliphatic carbocycles. The molecule has 2 rings (SSSR count). The maximum atomic E-state index is 13.7. The molecule has 0 fully saturated rings. The molecule has 1 amide bonds. The van der Waals surface area contributed by atoms with Gasteiger partial charge in [0.25, 0.3) is 5.91 Å². The van der Waals surface area contributed by atoms with Gasteiger partial charge in [0.1, 0.15) is 17.2 Å². The molecule has 2 aromatic rings. The van der Waals surface area contributed by atoms with Crippen molar-refractivity contribution in [2.45, 2.75) is 0 Å². The summed E-state index contributed by atoms with van der Waals surface area (Å²) in [6, 6.07) is 5.35. The highest BCUT2D eigenvalue weighted by Gasteiger charge is 2.22. The van der Waals surface area contributed by atoms with Crippen molar-refractivity contribution >= 4 is 27.5 Å². The van der Waals surface area contributed by atoms with Crippen molar-refractivity contribution < 1.29 is 13.6 Å². The van der Waals surface area contributed by atoms with E-state index in [9.17, 15) is 13.6 Å². The summed E-state index contributed by atoms with van der Waals surface area (Å²) in [7, 11) is 1.43. The van der Waals surface area contributed by atoms with Crippen LogP contribution in [0.15, 0.2) is 41.1 Å². The molecule has 0 unspecified atom stereocenters. The maximum absolute atomic E-state index is 13.7. The number of pyridine rings is 1. The van der Waals surface area contributed by atoms with Gasteiger partial charge in [-0.05, 0) is 24.3 Å². The third kappa shape index (κ3) is 2.78. The fourth-order valence-electron chi connectivity index (χ4n) is 1.58. The van der Waals surface area contributed by atoms with Gasteiger partial charge in [-0.1, -0.05) is 15.9 Å². The summed E-state index contributed by atoms with van der Waals surface area (Å²) in [5, 5.41) is 0. The van der Waals surface area contributed by atoms with Crippen molar-refractivity contribution in [3.63, 3.8) is 0 Å². The number of benzene rings is 1. The van der Waals surface area contributed by atoms with Crippen LogP contribution >= 0.6 is 15.9 Å². The molecule has 0 aliphatic rings. The molecule has 98 valence electrons. The molecule has 0 N–H and O–H groups in total. The van der Waals surface area contributed by atoms with Gasteiger partial charge < -0.3 is 4.90 Å². The zero-order valence-corrected chi connectivity index (χ0v) is 11.5. The van der Waals surface area contributed by atoms with E-state index in [4.69, 9.17) is 0 Å². The molecule has 19 heavy (non-hydrogen) atoms. The van der Waals surface area contributed by atoms with Gasteiger partial charge in [0.15, 0.2) is 0 Å². The topological polar surface area (TPSA) is 33.2 Å². The number of carbonyl (C=O) groups is 1. The van der Waals surface area contributed by atoms with Crippen molar-refractivity contribution in [3.05, 3.63) is 58.3 Å². The molecular weight excluding hydrogens is 318 g/mol. The van der Waals surface area contributed by atoms with Crippen LogP contribution in [0.25, 0.3) is 0 Å². The molecule has 0 aliphatic heterocycles. The minimum Gasteiger partial charge on any atom is -0.310 e. The number of hydrogen-bond acceptors (Lipinski definition) is 2. The highest BCUT2D eigenvalue weighted by atomic mass is 79.9. The van der Waals surface area contributed by atoms with Gasteiger partial charge >= 0.3 is 0 Å². The fourth-order valence-corrected chi connectivity index (χ4v) is 1.99. The molecule has 0 saturated heterocycles. The van der Waals surface area contributed by atoms with E-state index in [0.29, 0.717) is 5.69 Å².